The minimum Gasteiger partial charge on any atom is -0.396 e. The molecule has 0 aromatic rings. The molecule has 0 heterocycles. The van der Waals surface area contributed by atoms with Crippen LogP contribution in [0.5, 0.6) is 0 Å². The van der Waals surface area contributed by atoms with Gasteiger partial charge < -0.3 is 9.84 Å². The van der Waals surface area contributed by atoms with Crippen LogP contribution >= 0.6 is 0 Å². The lowest BCUT2D eigenvalue weighted by molar-refractivity contribution is -0.322. The van der Waals surface area contributed by atoms with Gasteiger partial charge in [-0.2, -0.15) is 26.3 Å². The fourth-order valence-electron chi connectivity index (χ4n) is 0.640. The SMILES string of the molecule is OCCCOC(C(F)(F)F)C(F)(F)F. The molecule has 0 bridgehead atoms. The Morgan fingerprint density at radius 1 is 1.00 bits per heavy atom. The molecule has 0 rings (SSSR count). The van der Waals surface area contributed by atoms with E-state index in [0.717, 1.165) is 0 Å². The van der Waals surface area contributed by atoms with Crippen LogP contribution in [0.1, 0.15) is 6.42 Å². The van der Waals surface area contributed by atoms with Gasteiger partial charge >= 0.3 is 12.4 Å². The first-order chi connectivity index (χ1) is 6.19. The first-order valence-electron chi connectivity index (χ1n) is 3.55. The second kappa shape index (κ2) is 4.83. The average Bonchev–Trinajstić information content (AvgIpc) is 1.92. The van der Waals surface area contributed by atoms with Crippen LogP contribution in [0, 0.1) is 0 Å². The van der Waals surface area contributed by atoms with E-state index in [9.17, 15) is 26.3 Å². The molecule has 86 valence electrons. The molecule has 0 amide bonds. The van der Waals surface area contributed by atoms with Crippen LogP contribution in [0.25, 0.3) is 0 Å². The van der Waals surface area contributed by atoms with E-state index in [1.807, 2.05) is 0 Å². The number of ether oxygens (including phenoxy) is 1. The minimum atomic E-state index is -5.48. The third kappa shape index (κ3) is 4.66. The highest BCUT2D eigenvalue weighted by Crippen LogP contribution is 2.35. The van der Waals surface area contributed by atoms with Crippen molar-refractivity contribution in [3.8, 4) is 0 Å². The summed E-state index contributed by atoms with van der Waals surface area (Å²) in [5.74, 6) is 0. The predicted molar refractivity (Wildman–Crippen MR) is 33.6 cm³/mol. The number of hydrogen-bond donors (Lipinski definition) is 1. The van der Waals surface area contributed by atoms with Gasteiger partial charge in [-0.15, -0.1) is 0 Å². The molecule has 0 saturated carbocycles. The topological polar surface area (TPSA) is 29.5 Å². The highest BCUT2D eigenvalue weighted by atomic mass is 19.4. The van der Waals surface area contributed by atoms with Gasteiger partial charge in [0, 0.05) is 13.2 Å². The predicted octanol–water partition coefficient (Wildman–Crippen LogP) is 1.88. The number of aliphatic hydroxyl groups excluding tert-OH is 1. The molecule has 0 aliphatic heterocycles. The molecule has 2 nitrogen and oxygen atoms in total. The monoisotopic (exact) mass is 226 g/mol. The van der Waals surface area contributed by atoms with Gasteiger partial charge in [0.1, 0.15) is 0 Å². The zero-order chi connectivity index (χ0) is 11.4. The Morgan fingerprint density at radius 3 is 1.71 bits per heavy atom. The van der Waals surface area contributed by atoms with Crippen molar-refractivity contribution in [1.82, 2.24) is 0 Å². The smallest absolute Gasteiger partial charge is 0.396 e. The highest BCUT2D eigenvalue weighted by molar-refractivity contribution is 4.75. The van der Waals surface area contributed by atoms with Gasteiger partial charge in [0.25, 0.3) is 0 Å². The molecule has 0 radical (unpaired) electrons. The summed E-state index contributed by atoms with van der Waals surface area (Å²) >= 11 is 0. The van der Waals surface area contributed by atoms with Crippen LogP contribution in [-0.2, 0) is 4.74 Å². The third-order valence-corrected chi connectivity index (χ3v) is 1.18. The molecule has 0 aromatic carbocycles. The Morgan fingerprint density at radius 2 is 1.43 bits per heavy atom. The van der Waals surface area contributed by atoms with Gasteiger partial charge in [-0.25, -0.2) is 0 Å². The molecule has 0 aromatic heterocycles. The normalized spacial score (nSPS) is 13.7. The molecule has 0 fully saturated rings. The van der Waals surface area contributed by atoms with Crippen molar-refractivity contribution in [2.24, 2.45) is 0 Å². The van der Waals surface area contributed by atoms with Gasteiger partial charge in [0.15, 0.2) is 0 Å². The van der Waals surface area contributed by atoms with E-state index in [0.29, 0.717) is 0 Å². The maximum Gasteiger partial charge on any atom is 0.423 e. The standard InChI is InChI=1S/C6H8F6O2/c7-5(8,9)4(6(10,11)12)14-3-1-2-13/h4,13H,1-3H2. The quantitative estimate of drug-likeness (QED) is 0.585. The third-order valence-electron chi connectivity index (χ3n) is 1.18. The number of rotatable bonds is 4. The molecule has 0 aliphatic rings. The number of aliphatic hydroxyl groups is 1. The molecule has 0 saturated heterocycles. The Bertz CT molecular complexity index is 149. The van der Waals surface area contributed by atoms with E-state index in [-0.39, 0.29) is 6.42 Å². The summed E-state index contributed by atoms with van der Waals surface area (Å²) in [5, 5.41) is 8.14. The first-order valence-corrected chi connectivity index (χ1v) is 3.55. The second-order valence-corrected chi connectivity index (χ2v) is 2.41. The van der Waals surface area contributed by atoms with Crippen molar-refractivity contribution in [3.05, 3.63) is 0 Å². The lowest BCUT2D eigenvalue weighted by Crippen LogP contribution is -2.44. The number of hydrogen-bond acceptors (Lipinski definition) is 2. The Balaban J connectivity index is 4.28. The van der Waals surface area contributed by atoms with Gasteiger partial charge in [-0.3, -0.25) is 0 Å². The van der Waals surface area contributed by atoms with E-state index >= 15 is 0 Å². The van der Waals surface area contributed by atoms with Crippen molar-refractivity contribution < 1.29 is 36.2 Å². The van der Waals surface area contributed by atoms with Crippen molar-refractivity contribution in [3.63, 3.8) is 0 Å². The molecule has 0 unspecified atom stereocenters. The fourth-order valence-corrected chi connectivity index (χ4v) is 0.640. The molecular formula is C6H8F6O2. The van der Waals surface area contributed by atoms with Crippen molar-refractivity contribution in [1.29, 1.82) is 0 Å². The molecular weight excluding hydrogens is 218 g/mol. The van der Waals surface area contributed by atoms with Crippen molar-refractivity contribution in [2.75, 3.05) is 13.2 Å². The largest absolute Gasteiger partial charge is 0.423 e. The van der Waals surface area contributed by atoms with Crippen molar-refractivity contribution >= 4 is 0 Å². The van der Waals surface area contributed by atoms with Crippen LogP contribution in [0.2, 0.25) is 0 Å². The van der Waals surface area contributed by atoms with Crippen LogP contribution in [0.4, 0.5) is 26.3 Å². The maximum absolute atomic E-state index is 11.7. The zero-order valence-corrected chi connectivity index (χ0v) is 6.82. The fraction of sp³-hybridized carbons (Fsp3) is 1.00. The van der Waals surface area contributed by atoms with E-state index in [1.165, 1.54) is 0 Å². The van der Waals surface area contributed by atoms with Crippen LogP contribution in [0.15, 0.2) is 0 Å². The van der Waals surface area contributed by atoms with E-state index in [4.69, 9.17) is 5.11 Å². The summed E-state index contributed by atoms with van der Waals surface area (Å²) in [4.78, 5) is 0. The molecule has 0 aliphatic carbocycles. The maximum atomic E-state index is 11.7. The van der Waals surface area contributed by atoms with Gasteiger partial charge in [0.05, 0.1) is 0 Å². The zero-order valence-electron chi connectivity index (χ0n) is 6.82. The average molecular weight is 226 g/mol. The summed E-state index contributed by atoms with van der Waals surface area (Å²) < 4.78 is 74.0. The molecule has 0 spiro atoms. The summed E-state index contributed by atoms with van der Waals surface area (Å²) in [6.07, 6.45) is -15.0. The summed E-state index contributed by atoms with van der Waals surface area (Å²) in [6.45, 7) is -1.32. The van der Waals surface area contributed by atoms with E-state index in [2.05, 4.69) is 4.74 Å². The molecule has 8 heteroatoms. The number of halogens is 6. The van der Waals surface area contributed by atoms with E-state index < -0.39 is 31.7 Å². The first kappa shape index (κ1) is 13.5. The van der Waals surface area contributed by atoms with Gasteiger partial charge in [0.2, 0.25) is 6.10 Å². The van der Waals surface area contributed by atoms with Gasteiger partial charge in [-0.1, -0.05) is 0 Å². The highest BCUT2D eigenvalue weighted by Gasteiger charge is 2.57. The van der Waals surface area contributed by atoms with Crippen molar-refractivity contribution in [2.45, 2.75) is 24.9 Å². The lowest BCUT2D eigenvalue weighted by Gasteiger charge is -2.22. The Kier molecular flexibility index (Phi) is 4.66. The Labute approximate surface area is 75.5 Å². The number of alkyl halides is 6. The van der Waals surface area contributed by atoms with E-state index in [1.54, 1.807) is 0 Å². The second-order valence-electron chi connectivity index (χ2n) is 2.41. The molecule has 14 heavy (non-hydrogen) atoms. The van der Waals surface area contributed by atoms with Gasteiger partial charge in [-0.05, 0) is 6.42 Å². The lowest BCUT2D eigenvalue weighted by atomic mass is 10.3. The van der Waals surface area contributed by atoms with Crippen LogP contribution in [-0.4, -0.2) is 36.8 Å². The minimum absolute atomic E-state index is 0.275. The summed E-state index contributed by atoms with van der Waals surface area (Å²) in [6, 6.07) is 0. The summed E-state index contributed by atoms with van der Waals surface area (Å²) in [5.41, 5.74) is 0. The molecule has 0 atom stereocenters. The van der Waals surface area contributed by atoms with Crippen LogP contribution in [0.3, 0.4) is 0 Å². The summed E-state index contributed by atoms with van der Waals surface area (Å²) in [7, 11) is 0. The van der Waals surface area contributed by atoms with Crippen LogP contribution < -0.4 is 0 Å². The Hall–Kier alpha value is -0.500. The molecule has 1 N–H and O–H groups in total.